The maximum atomic E-state index is 11.5. The summed E-state index contributed by atoms with van der Waals surface area (Å²) in [6, 6.07) is 10.6. The first-order valence-corrected chi connectivity index (χ1v) is 5.54. The highest BCUT2D eigenvalue weighted by atomic mass is 16.3. The van der Waals surface area contributed by atoms with E-state index in [4.69, 9.17) is 0 Å². The molecule has 0 aliphatic carbocycles. The number of imide groups is 1. The van der Waals surface area contributed by atoms with Crippen LogP contribution >= 0.6 is 0 Å². The zero-order chi connectivity index (χ0) is 13.3. The number of carbonyl (C=O) groups excluding carboxylic acids is 2. The predicted molar refractivity (Wildman–Crippen MR) is 69.5 cm³/mol. The van der Waals surface area contributed by atoms with Crippen molar-refractivity contribution in [1.29, 1.82) is 0 Å². The topological polar surface area (TPSA) is 57.6 Å². The molecular formula is C14H13NO3. The maximum absolute atomic E-state index is 11.5. The minimum atomic E-state index is -0.423. The molecule has 2 rings (SSSR count). The van der Waals surface area contributed by atoms with Gasteiger partial charge in [0.05, 0.1) is 5.69 Å². The second-order valence-corrected chi connectivity index (χ2v) is 4.03. The summed E-state index contributed by atoms with van der Waals surface area (Å²) in [4.78, 5) is 23.9. The lowest BCUT2D eigenvalue weighted by Gasteiger charge is -2.19. The molecule has 2 amide bonds. The van der Waals surface area contributed by atoms with E-state index in [2.05, 4.69) is 0 Å². The molecule has 0 unspecified atom stereocenters. The standard InChI is InChI=1S/C14H13NO3/c1-9(16)15(10(2)17)13-8-7-11-5-3-4-6-12(11)14(13)18/h3-8,18H,1-2H3. The number of hydrogen-bond acceptors (Lipinski definition) is 3. The van der Waals surface area contributed by atoms with Crippen LogP contribution in [-0.2, 0) is 9.59 Å². The first-order valence-electron chi connectivity index (χ1n) is 5.54. The van der Waals surface area contributed by atoms with Crippen LogP contribution in [0.4, 0.5) is 5.69 Å². The van der Waals surface area contributed by atoms with Crippen LogP contribution in [0, 0.1) is 0 Å². The van der Waals surface area contributed by atoms with Gasteiger partial charge in [0, 0.05) is 19.2 Å². The van der Waals surface area contributed by atoms with E-state index in [1.165, 1.54) is 13.8 Å². The average Bonchev–Trinajstić information content (AvgIpc) is 2.32. The van der Waals surface area contributed by atoms with Crippen molar-refractivity contribution >= 4 is 28.3 Å². The van der Waals surface area contributed by atoms with Crippen molar-refractivity contribution < 1.29 is 14.7 Å². The molecular weight excluding hydrogens is 230 g/mol. The van der Waals surface area contributed by atoms with Crippen LogP contribution in [-0.4, -0.2) is 16.9 Å². The first kappa shape index (κ1) is 12.1. The number of benzene rings is 2. The van der Waals surface area contributed by atoms with Gasteiger partial charge in [0.25, 0.3) is 0 Å². The van der Waals surface area contributed by atoms with Crippen molar-refractivity contribution in [3.63, 3.8) is 0 Å². The third-order valence-corrected chi connectivity index (χ3v) is 2.75. The third-order valence-electron chi connectivity index (χ3n) is 2.75. The van der Waals surface area contributed by atoms with Gasteiger partial charge in [0.15, 0.2) is 0 Å². The lowest BCUT2D eigenvalue weighted by Crippen LogP contribution is -2.33. The number of hydrogen-bond donors (Lipinski definition) is 1. The Morgan fingerprint density at radius 1 is 1.00 bits per heavy atom. The van der Waals surface area contributed by atoms with Gasteiger partial charge in [-0.15, -0.1) is 0 Å². The molecule has 0 saturated carbocycles. The molecule has 0 aromatic heterocycles. The Hall–Kier alpha value is -2.36. The monoisotopic (exact) mass is 243 g/mol. The van der Waals surface area contributed by atoms with Crippen molar-refractivity contribution in [2.75, 3.05) is 4.90 Å². The van der Waals surface area contributed by atoms with Gasteiger partial charge in [-0.3, -0.25) is 9.59 Å². The molecule has 0 bridgehead atoms. The number of nitrogens with zero attached hydrogens (tertiary/aromatic N) is 1. The number of anilines is 1. The zero-order valence-electron chi connectivity index (χ0n) is 10.2. The molecule has 0 spiro atoms. The van der Waals surface area contributed by atoms with E-state index in [1.807, 2.05) is 12.1 Å². The molecule has 0 atom stereocenters. The summed E-state index contributed by atoms with van der Waals surface area (Å²) in [5.74, 6) is -0.903. The van der Waals surface area contributed by atoms with E-state index in [0.717, 1.165) is 10.3 Å². The normalized spacial score (nSPS) is 10.3. The maximum Gasteiger partial charge on any atom is 0.230 e. The van der Waals surface area contributed by atoms with Gasteiger partial charge in [-0.2, -0.15) is 0 Å². The fourth-order valence-corrected chi connectivity index (χ4v) is 1.99. The molecule has 92 valence electrons. The van der Waals surface area contributed by atoms with Gasteiger partial charge < -0.3 is 5.11 Å². The highest BCUT2D eigenvalue weighted by Crippen LogP contribution is 2.35. The summed E-state index contributed by atoms with van der Waals surface area (Å²) in [5.41, 5.74) is 0.216. The summed E-state index contributed by atoms with van der Waals surface area (Å²) in [6.07, 6.45) is 0. The van der Waals surface area contributed by atoms with Crippen LogP contribution in [0.1, 0.15) is 13.8 Å². The van der Waals surface area contributed by atoms with E-state index in [-0.39, 0.29) is 11.4 Å². The number of amides is 2. The lowest BCUT2D eigenvalue weighted by atomic mass is 10.1. The number of fused-ring (bicyclic) bond motifs is 1. The van der Waals surface area contributed by atoms with Gasteiger partial charge in [0.1, 0.15) is 5.75 Å². The van der Waals surface area contributed by atoms with Crippen LogP contribution < -0.4 is 4.90 Å². The largest absolute Gasteiger partial charge is 0.505 e. The quantitative estimate of drug-likeness (QED) is 0.836. The van der Waals surface area contributed by atoms with Crippen LogP contribution in [0.5, 0.6) is 5.75 Å². The smallest absolute Gasteiger partial charge is 0.230 e. The number of phenolic OH excluding ortho intramolecular Hbond substituents is 1. The number of carbonyl (C=O) groups is 2. The molecule has 2 aromatic rings. The van der Waals surface area contributed by atoms with Crippen LogP contribution in [0.15, 0.2) is 36.4 Å². The molecule has 0 heterocycles. The van der Waals surface area contributed by atoms with E-state index >= 15 is 0 Å². The van der Waals surface area contributed by atoms with Crippen molar-refractivity contribution in [1.82, 2.24) is 0 Å². The zero-order valence-corrected chi connectivity index (χ0v) is 10.2. The molecule has 0 fully saturated rings. The van der Waals surface area contributed by atoms with Gasteiger partial charge in [-0.25, -0.2) is 4.90 Å². The van der Waals surface area contributed by atoms with Gasteiger partial charge in [-0.1, -0.05) is 30.3 Å². The summed E-state index contributed by atoms with van der Waals surface area (Å²) < 4.78 is 0. The fraction of sp³-hybridized carbons (Fsp3) is 0.143. The van der Waals surface area contributed by atoms with Gasteiger partial charge in [-0.05, 0) is 11.5 Å². The minimum Gasteiger partial charge on any atom is -0.505 e. The van der Waals surface area contributed by atoms with Crippen molar-refractivity contribution in [3.8, 4) is 5.75 Å². The van der Waals surface area contributed by atoms with E-state index in [0.29, 0.717) is 5.39 Å². The van der Waals surface area contributed by atoms with Gasteiger partial charge in [0.2, 0.25) is 11.8 Å². The Bertz CT molecular complexity index is 620. The highest BCUT2D eigenvalue weighted by Gasteiger charge is 2.20. The van der Waals surface area contributed by atoms with Crippen molar-refractivity contribution in [2.24, 2.45) is 0 Å². The van der Waals surface area contributed by atoms with Crippen molar-refractivity contribution in [2.45, 2.75) is 13.8 Å². The lowest BCUT2D eigenvalue weighted by molar-refractivity contribution is -0.124. The molecule has 4 nitrogen and oxygen atoms in total. The number of phenols is 1. The Labute approximate surface area is 104 Å². The van der Waals surface area contributed by atoms with Gasteiger partial charge >= 0.3 is 0 Å². The van der Waals surface area contributed by atoms with E-state index in [9.17, 15) is 14.7 Å². The summed E-state index contributed by atoms with van der Waals surface area (Å²) in [6.45, 7) is 2.58. The Morgan fingerprint density at radius 2 is 1.61 bits per heavy atom. The van der Waals surface area contributed by atoms with Crippen LogP contribution in [0.25, 0.3) is 10.8 Å². The molecule has 1 N–H and O–H groups in total. The SMILES string of the molecule is CC(=O)N(C(C)=O)c1ccc2ccccc2c1O. The Balaban J connectivity index is 2.68. The Morgan fingerprint density at radius 3 is 2.22 bits per heavy atom. The summed E-state index contributed by atoms with van der Waals surface area (Å²) >= 11 is 0. The number of rotatable bonds is 1. The molecule has 0 radical (unpaired) electrons. The molecule has 0 aliphatic heterocycles. The molecule has 0 saturated heterocycles. The fourth-order valence-electron chi connectivity index (χ4n) is 1.99. The van der Waals surface area contributed by atoms with E-state index < -0.39 is 11.8 Å². The predicted octanol–water partition coefficient (Wildman–Crippen LogP) is 2.44. The Kier molecular flexibility index (Phi) is 3.02. The first-order chi connectivity index (χ1) is 8.52. The third kappa shape index (κ3) is 1.93. The average molecular weight is 243 g/mol. The summed E-state index contributed by atoms with van der Waals surface area (Å²) in [5, 5.41) is 11.6. The molecule has 18 heavy (non-hydrogen) atoms. The van der Waals surface area contributed by atoms with E-state index in [1.54, 1.807) is 24.3 Å². The second-order valence-electron chi connectivity index (χ2n) is 4.03. The molecule has 4 heteroatoms. The molecule has 0 aliphatic rings. The number of aromatic hydroxyl groups is 1. The summed E-state index contributed by atoms with van der Waals surface area (Å²) in [7, 11) is 0. The van der Waals surface area contributed by atoms with Crippen molar-refractivity contribution in [3.05, 3.63) is 36.4 Å². The van der Waals surface area contributed by atoms with Crippen LogP contribution in [0.3, 0.4) is 0 Å². The highest BCUT2D eigenvalue weighted by molar-refractivity contribution is 6.15. The van der Waals surface area contributed by atoms with Crippen LogP contribution in [0.2, 0.25) is 0 Å². The second kappa shape index (κ2) is 4.49. The molecule has 2 aromatic carbocycles. The minimum absolute atomic E-state index is 0.0569.